The van der Waals surface area contributed by atoms with E-state index in [2.05, 4.69) is 28.4 Å². The minimum Gasteiger partial charge on any atom is -0.298 e. The van der Waals surface area contributed by atoms with Crippen LogP contribution in [-0.2, 0) is 12.8 Å². The number of aromatic nitrogens is 2. The standard InChI is InChI=1S/C15H16N2O/c1-10-14(9-18)15(17-16-10)13-7-6-11-4-2-3-5-12(11)8-13/h6-9H,2-5H2,1H3,(H,16,17). The first kappa shape index (κ1) is 11.2. The number of hydrogen-bond donors (Lipinski definition) is 1. The minimum atomic E-state index is 0.672. The number of hydrogen-bond acceptors (Lipinski definition) is 2. The van der Waals surface area contributed by atoms with Crippen LogP contribution in [0.2, 0.25) is 0 Å². The van der Waals surface area contributed by atoms with Gasteiger partial charge in [-0.3, -0.25) is 9.89 Å². The van der Waals surface area contributed by atoms with E-state index in [1.165, 1.54) is 30.4 Å². The van der Waals surface area contributed by atoms with Gasteiger partial charge in [0.1, 0.15) is 5.69 Å². The van der Waals surface area contributed by atoms with Crippen LogP contribution >= 0.6 is 0 Å². The van der Waals surface area contributed by atoms with Gasteiger partial charge in [0.2, 0.25) is 0 Å². The molecule has 0 amide bonds. The van der Waals surface area contributed by atoms with E-state index in [-0.39, 0.29) is 0 Å². The van der Waals surface area contributed by atoms with Crippen molar-refractivity contribution >= 4 is 6.29 Å². The summed E-state index contributed by atoms with van der Waals surface area (Å²) in [6.07, 6.45) is 5.75. The van der Waals surface area contributed by atoms with Crippen molar-refractivity contribution in [3.8, 4) is 11.3 Å². The minimum absolute atomic E-state index is 0.672. The highest BCUT2D eigenvalue weighted by Crippen LogP contribution is 2.28. The molecule has 3 nitrogen and oxygen atoms in total. The number of H-pyrrole nitrogens is 1. The fraction of sp³-hybridized carbons (Fsp3) is 0.333. The first-order valence-corrected chi connectivity index (χ1v) is 6.42. The maximum atomic E-state index is 11.1. The molecule has 3 heteroatoms. The molecule has 0 fully saturated rings. The molecule has 92 valence electrons. The monoisotopic (exact) mass is 240 g/mol. The van der Waals surface area contributed by atoms with E-state index in [9.17, 15) is 4.79 Å². The van der Waals surface area contributed by atoms with Crippen molar-refractivity contribution in [1.82, 2.24) is 10.2 Å². The molecule has 0 atom stereocenters. The summed E-state index contributed by atoms with van der Waals surface area (Å²) in [5.74, 6) is 0. The van der Waals surface area contributed by atoms with Gasteiger partial charge >= 0.3 is 0 Å². The van der Waals surface area contributed by atoms with Gasteiger partial charge in [-0.15, -0.1) is 0 Å². The zero-order chi connectivity index (χ0) is 12.5. The maximum absolute atomic E-state index is 11.1. The number of aromatic amines is 1. The second-order valence-electron chi connectivity index (χ2n) is 4.92. The summed E-state index contributed by atoms with van der Waals surface area (Å²) in [5.41, 5.74) is 6.18. The van der Waals surface area contributed by atoms with E-state index >= 15 is 0 Å². The van der Waals surface area contributed by atoms with Crippen molar-refractivity contribution in [2.75, 3.05) is 0 Å². The number of carbonyl (C=O) groups is 1. The molecule has 1 aliphatic rings. The van der Waals surface area contributed by atoms with Crippen molar-refractivity contribution in [2.45, 2.75) is 32.6 Å². The molecule has 0 spiro atoms. The van der Waals surface area contributed by atoms with Crippen LogP contribution in [0.1, 0.15) is 40.0 Å². The predicted molar refractivity (Wildman–Crippen MR) is 70.8 cm³/mol. The average Bonchev–Trinajstić information content (AvgIpc) is 2.79. The number of benzene rings is 1. The lowest BCUT2D eigenvalue weighted by molar-refractivity contribution is 0.112. The van der Waals surface area contributed by atoms with Crippen molar-refractivity contribution < 1.29 is 4.79 Å². The van der Waals surface area contributed by atoms with Crippen LogP contribution in [0.3, 0.4) is 0 Å². The highest BCUT2D eigenvalue weighted by molar-refractivity contribution is 5.87. The van der Waals surface area contributed by atoms with E-state index in [0.29, 0.717) is 5.56 Å². The van der Waals surface area contributed by atoms with Gasteiger partial charge in [0.15, 0.2) is 6.29 Å². The Balaban J connectivity index is 2.09. The molecule has 1 heterocycles. The fourth-order valence-electron chi connectivity index (χ4n) is 2.68. The third-order valence-electron chi connectivity index (χ3n) is 3.73. The smallest absolute Gasteiger partial charge is 0.154 e. The molecule has 1 N–H and O–H groups in total. The van der Waals surface area contributed by atoms with Gasteiger partial charge in [-0.25, -0.2) is 0 Å². The van der Waals surface area contributed by atoms with Gasteiger partial charge in [0, 0.05) is 11.3 Å². The van der Waals surface area contributed by atoms with Crippen LogP contribution in [0.15, 0.2) is 18.2 Å². The summed E-state index contributed by atoms with van der Waals surface area (Å²) in [4.78, 5) is 11.1. The van der Waals surface area contributed by atoms with E-state index < -0.39 is 0 Å². The summed E-state index contributed by atoms with van der Waals surface area (Å²) in [6, 6.07) is 6.45. The molecular weight excluding hydrogens is 224 g/mol. The summed E-state index contributed by atoms with van der Waals surface area (Å²) in [7, 11) is 0. The fourth-order valence-corrected chi connectivity index (χ4v) is 2.68. The number of fused-ring (bicyclic) bond motifs is 1. The Bertz CT molecular complexity index is 599. The summed E-state index contributed by atoms with van der Waals surface area (Å²) in [6.45, 7) is 1.87. The Morgan fingerprint density at radius 3 is 2.78 bits per heavy atom. The number of carbonyl (C=O) groups excluding carboxylic acids is 1. The topological polar surface area (TPSA) is 45.8 Å². The summed E-state index contributed by atoms with van der Waals surface area (Å²) >= 11 is 0. The highest BCUT2D eigenvalue weighted by atomic mass is 16.1. The maximum Gasteiger partial charge on any atom is 0.154 e. The molecule has 3 rings (SSSR count). The molecule has 1 aromatic heterocycles. The average molecular weight is 240 g/mol. The molecule has 1 aromatic carbocycles. The van der Waals surface area contributed by atoms with Gasteiger partial charge in [-0.1, -0.05) is 12.1 Å². The summed E-state index contributed by atoms with van der Waals surface area (Å²) < 4.78 is 0. The van der Waals surface area contributed by atoms with Crippen LogP contribution in [0.4, 0.5) is 0 Å². The van der Waals surface area contributed by atoms with Crippen LogP contribution in [-0.4, -0.2) is 16.5 Å². The van der Waals surface area contributed by atoms with Gasteiger partial charge in [0.05, 0.1) is 5.56 Å². The first-order chi connectivity index (χ1) is 8.79. The molecule has 0 saturated heterocycles. The molecule has 0 aliphatic heterocycles. The number of aldehydes is 1. The Labute approximate surface area is 106 Å². The Morgan fingerprint density at radius 1 is 1.22 bits per heavy atom. The largest absolute Gasteiger partial charge is 0.298 e. The van der Waals surface area contributed by atoms with Crippen LogP contribution in [0.5, 0.6) is 0 Å². The highest BCUT2D eigenvalue weighted by Gasteiger charge is 2.14. The molecule has 0 bridgehead atoms. The molecule has 0 saturated carbocycles. The number of nitrogens with one attached hydrogen (secondary N) is 1. The van der Waals surface area contributed by atoms with Crippen molar-refractivity contribution in [3.63, 3.8) is 0 Å². The first-order valence-electron chi connectivity index (χ1n) is 6.42. The van der Waals surface area contributed by atoms with E-state index in [1.54, 1.807) is 0 Å². The van der Waals surface area contributed by atoms with Gasteiger partial charge in [0.25, 0.3) is 0 Å². The lowest BCUT2D eigenvalue weighted by Crippen LogP contribution is -2.02. The SMILES string of the molecule is Cc1[nH]nc(-c2ccc3c(c2)CCCC3)c1C=O. The van der Waals surface area contributed by atoms with Crippen molar-refractivity contribution in [3.05, 3.63) is 40.6 Å². The Morgan fingerprint density at radius 2 is 2.00 bits per heavy atom. The molecule has 0 unspecified atom stereocenters. The predicted octanol–water partition coefficient (Wildman–Crippen LogP) is 3.08. The summed E-state index contributed by atoms with van der Waals surface area (Å²) in [5, 5.41) is 7.13. The third kappa shape index (κ3) is 1.76. The number of nitrogens with zero attached hydrogens (tertiary/aromatic N) is 1. The van der Waals surface area contributed by atoms with Gasteiger partial charge in [-0.05, 0) is 49.8 Å². The van der Waals surface area contributed by atoms with Crippen molar-refractivity contribution in [2.24, 2.45) is 0 Å². The lowest BCUT2D eigenvalue weighted by atomic mass is 9.89. The molecule has 2 aromatic rings. The van der Waals surface area contributed by atoms with E-state index in [0.717, 1.165) is 29.7 Å². The second kappa shape index (κ2) is 4.41. The van der Waals surface area contributed by atoms with Crippen LogP contribution < -0.4 is 0 Å². The van der Waals surface area contributed by atoms with Crippen LogP contribution in [0.25, 0.3) is 11.3 Å². The van der Waals surface area contributed by atoms with E-state index in [4.69, 9.17) is 0 Å². The number of aryl methyl sites for hydroxylation is 3. The second-order valence-corrected chi connectivity index (χ2v) is 4.92. The molecule has 18 heavy (non-hydrogen) atoms. The zero-order valence-electron chi connectivity index (χ0n) is 10.5. The quantitative estimate of drug-likeness (QED) is 0.820. The molecule has 0 radical (unpaired) electrons. The van der Waals surface area contributed by atoms with Gasteiger partial charge < -0.3 is 0 Å². The molecule has 1 aliphatic carbocycles. The molecular formula is C15H16N2O. The zero-order valence-corrected chi connectivity index (χ0v) is 10.5. The normalized spacial score (nSPS) is 14.3. The third-order valence-corrected chi connectivity index (χ3v) is 3.73. The van der Waals surface area contributed by atoms with Crippen LogP contribution in [0, 0.1) is 6.92 Å². The Kier molecular flexibility index (Phi) is 2.74. The lowest BCUT2D eigenvalue weighted by Gasteiger charge is -2.16. The number of rotatable bonds is 2. The van der Waals surface area contributed by atoms with E-state index in [1.807, 2.05) is 6.92 Å². The van der Waals surface area contributed by atoms with Crippen molar-refractivity contribution in [1.29, 1.82) is 0 Å². The Hall–Kier alpha value is -1.90. The van der Waals surface area contributed by atoms with Gasteiger partial charge in [-0.2, -0.15) is 5.10 Å².